The van der Waals surface area contributed by atoms with Crippen LogP contribution in [0, 0.1) is 0 Å². The van der Waals surface area contributed by atoms with E-state index in [4.69, 9.17) is 4.74 Å². The summed E-state index contributed by atoms with van der Waals surface area (Å²) in [6.45, 7) is 5.08. The van der Waals surface area contributed by atoms with Gasteiger partial charge in [0.2, 0.25) is 5.91 Å². The molecule has 2 rings (SSSR count). The number of ether oxygens (including phenoxy) is 1. The number of carbonyl (C=O) groups excluding carboxylic acids is 2. The zero-order valence-electron chi connectivity index (χ0n) is 12.3. The third-order valence-corrected chi connectivity index (χ3v) is 4.04. The molecule has 116 valence electrons. The van der Waals surface area contributed by atoms with Gasteiger partial charge in [0.05, 0.1) is 0 Å². The monoisotopic (exact) mass is 357 g/mol. The summed E-state index contributed by atoms with van der Waals surface area (Å²) in [6.07, 6.45) is 1.91. The zero-order chi connectivity index (χ0) is 15.4. The average Bonchev–Trinajstić information content (AvgIpc) is 2.88. The van der Waals surface area contributed by atoms with Crippen molar-refractivity contribution >= 4 is 27.7 Å². The second kappa shape index (κ2) is 7.09. The van der Waals surface area contributed by atoms with Crippen LogP contribution in [0.2, 0.25) is 0 Å². The summed E-state index contributed by atoms with van der Waals surface area (Å²) in [7, 11) is 1.51. The number of carbonyl (C=O) groups is 2. The van der Waals surface area contributed by atoms with E-state index in [1.807, 2.05) is 23.8 Å². The lowest BCUT2D eigenvalue weighted by molar-refractivity contribution is -0.136. The number of rotatable bonds is 4. The lowest BCUT2D eigenvalue weighted by Crippen LogP contribution is -2.51. The standard InChI is InChI=1S/C14H20BrN3O3/c1-3-16-9-11(15)8-12(16)14(20)18-6-4-17(5-7-18)13(19)10-21-2/h8-9H,3-7,10H2,1-2H3. The summed E-state index contributed by atoms with van der Waals surface area (Å²) in [5.74, 6) is -0.00864. The molecule has 1 saturated heterocycles. The van der Waals surface area contributed by atoms with Crippen molar-refractivity contribution in [2.45, 2.75) is 13.5 Å². The van der Waals surface area contributed by atoms with Crippen molar-refractivity contribution in [2.24, 2.45) is 0 Å². The first-order valence-electron chi connectivity index (χ1n) is 6.98. The molecular formula is C14H20BrN3O3. The molecule has 1 fully saturated rings. The summed E-state index contributed by atoms with van der Waals surface area (Å²) in [5, 5.41) is 0. The van der Waals surface area contributed by atoms with Crippen LogP contribution in [0.4, 0.5) is 0 Å². The second-order valence-corrected chi connectivity index (χ2v) is 5.85. The Hall–Kier alpha value is -1.34. The van der Waals surface area contributed by atoms with Gasteiger partial charge in [0, 0.05) is 50.5 Å². The Morgan fingerprint density at radius 2 is 1.86 bits per heavy atom. The maximum absolute atomic E-state index is 12.6. The Bertz CT molecular complexity index is 522. The largest absolute Gasteiger partial charge is 0.375 e. The molecule has 1 aromatic rings. The fourth-order valence-corrected chi connectivity index (χ4v) is 2.92. The summed E-state index contributed by atoms with van der Waals surface area (Å²) in [5.41, 5.74) is 0.682. The van der Waals surface area contributed by atoms with Gasteiger partial charge >= 0.3 is 0 Å². The minimum absolute atomic E-state index is 0.0152. The fraction of sp³-hybridized carbons (Fsp3) is 0.571. The van der Waals surface area contributed by atoms with Crippen LogP contribution in [0.3, 0.4) is 0 Å². The Balaban J connectivity index is 1.98. The van der Waals surface area contributed by atoms with Crippen LogP contribution in [0.15, 0.2) is 16.7 Å². The van der Waals surface area contributed by atoms with Gasteiger partial charge in [-0.1, -0.05) is 0 Å². The van der Waals surface area contributed by atoms with E-state index in [0.29, 0.717) is 31.9 Å². The highest BCUT2D eigenvalue weighted by Crippen LogP contribution is 2.17. The zero-order valence-corrected chi connectivity index (χ0v) is 13.9. The number of amides is 2. The predicted molar refractivity (Wildman–Crippen MR) is 82.2 cm³/mol. The molecule has 1 aromatic heterocycles. The first-order chi connectivity index (χ1) is 10.1. The SMILES string of the molecule is CCn1cc(Br)cc1C(=O)N1CCN(C(=O)COC)CC1. The maximum atomic E-state index is 12.6. The van der Waals surface area contributed by atoms with Crippen LogP contribution in [0.25, 0.3) is 0 Å². The quantitative estimate of drug-likeness (QED) is 0.813. The smallest absolute Gasteiger partial charge is 0.270 e. The molecule has 0 N–H and O–H groups in total. The third-order valence-electron chi connectivity index (χ3n) is 3.61. The number of halogens is 1. The van der Waals surface area contributed by atoms with E-state index in [-0.39, 0.29) is 18.4 Å². The lowest BCUT2D eigenvalue weighted by atomic mass is 10.2. The average molecular weight is 358 g/mol. The van der Waals surface area contributed by atoms with Gasteiger partial charge in [0.1, 0.15) is 12.3 Å². The fourth-order valence-electron chi connectivity index (χ4n) is 2.45. The van der Waals surface area contributed by atoms with Crippen LogP contribution in [0.1, 0.15) is 17.4 Å². The number of hydrogen-bond donors (Lipinski definition) is 0. The topological polar surface area (TPSA) is 54.8 Å². The first kappa shape index (κ1) is 16.0. The van der Waals surface area contributed by atoms with E-state index in [1.165, 1.54) is 7.11 Å². The van der Waals surface area contributed by atoms with Gasteiger partial charge in [-0.25, -0.2) is 0 Å². The molecule has 1 aliphatic rings. The molecule has 2 amide bonds. The van der Waals surface area contributed by atoms with E-state index in [2.05, 4.69) is 15.9 Å². The molecule has 1 aliphatic heterocycles. The minimum Gasteiger partial charge on any atom is -0.375 e. The number of methoxy groups -OCH3 is 1. The predicted octanol–water partition coefficient (Wildman–Crippen LogP) is 1.20. The molecule has 7 heteroatoms. The molecular weight excluding hydrogens is 338 g/mol. The molecule has 2 heterocycles. The van der Waals surface area contributed by atoms with Gasteiger partial charge in [-0.15, -0.1) is 0 Å². The van der Waals surface area contributed by atoms with E-state index in [9.17, 15) is 9.59 Å². The number of aryl methyl sites for hydroxylation is 1. The Kier molecular flexibility index (Phi) is 5.41. The first-order valence-corrected chi connectivity index (χ1v) is 7.77. The van der Waals surface area contributed by atoms with E-state index < -0.39 is 0 Å². The van der Waals surface area contributed by atoms with Crippen molar-refractivity contribution in [3.8, 4) is 0 Å². The Morgan fingerprint density at radius 1 is 1.24 bits per heavy atom. The van der Waals surface area contributed by atoms with Crippen LogP contribution < -0.4 is 0 Å². The number of aromatic nitrogens is 1. The highest BCUT2D eigenvalue weighted by atomic mass is 79.9. The molecule has 0 aromatic carbocycles. The van der Waals surface area contributed by atoms with Crippen molar-refractivity contribution in [3.05, 3.63) is 22.4 Å². The van der Waals surface area contributed by atoms with Crippen molar-refractivity contribution in [3.63, 3.8) is 0 Å². The molecule has 0 spiro atoms. The summed E-state index contributed by atoms with van der Waals surface area (Å²) in [4.78, 5) is 27.8. The second-order valence-electron chi connectivity index (χ2n) is 4.94. The summed E-state index contributed by atoms with van der Waals surface area (Å²) < 4.78 is 7.68. The van der Waals surface area contributed by atoms with Gasteiger partial charge < -0.3 is 19.1 Å². The van der Waals surface area contributed by atoms with E-state index >= 15 is 0 Å². The highest BCUT2D eigenvalue weighted by Gasteiger charge is 2.26. The van der Waals surface area contributed by atoms with Crippen molar-refractivity contribution in [1.29, 1.82) is 0 Å². The molecule has 6 nitrogen and oxygen atoms in total. The van der Waals surface area contributed by atoms with Crippen LogP contribution >= 0.6 is 15.9 Å². The molecule has 0 aliphatic carbocycles. The minimum atomic E-state index is -0.0238. The van der Waals surface area contributed by atoms with Gasteiger partial charge in [0.15, 0.2) is 0 Å². The van der Waals surface area contributed by atoms with Gasteiger partial charge in [-0.3, -0.25) is 9.59 Å². The van der Waals surface area contributed by atoms with Crippen molar-refractivity contribution in [1.82, 2.24) is 14.4 Å². The Labute approximate surface area is 132 Å². The van der Waals surface area contributed by atoms with E-state index in [0.717, 1.165) is 11.0 Å². The molecule has 0 unspecified atom stereocenters. The molecule has 0 radical (unpaired) electrons. The van der Waals surface area contributed by atoms with Crippen LogP contribution in [0.5, 0.6) is 0 Å². The van der Waals surface area contributed by atoms with Crippen molar-refractivity contribution in [2.75, 3.05) is 39.9 Å². The molecule has 21 heavy (non-hydrogen) atoms. The maximum Gasteiger partial charge on any atom is 0.270 e. The Morgan fingerprint density at radius 3 is 2.43 bits per heavy atom. The third kappa shape index (κ3) is 3.65. The molecule has 0 bridgehead atoms. The van der Waals surface area contributed by atoms with Crippen LogP contribution in [-0.2, 0) is 16.1 Å². The number of piperazine rings is 1. The van der Waals surface area contributed by atoms with Crippen LogP contribution in [-0.4, -0.2) is 66.1 Å². The molecule has 0 saturated carbocycles. The number of hydrogen-bond acceptors (Lipinski definition) is 3. The lowest BCUT2D eigenvalue weighted by Gasteiger charge is -2.34. The van der Waals surface area contributed by atoms with E-state index in [1.54, 1.807) is 9.80 Å². The summed E-state index contributed by atoms with van der Waals surface area (Å²) in [6, 6.07) is 1.84. The normalized spacial score (nSPS) is 15.4. The molecule has 0 atom stereocenters. The van der Waals surface area contributed by atoms with Gasteiger partial charge in [-0.05, 0) is 28.9 Å². The summed E-state index contributed by atoms with van der Waals surface area (Å²) >= 11 is 3.40. The van der Waals surface area contributed by atoms with Gasteiger partial charge in [-0.2, -0.15) is 0 Å². The van der Waals surface area contributed by atoms with Crippen molar-refractivity contribution < 1.29 is 14.3 Å². The number of nitrogens with zero attached hydrogens (tertiary/aromatic N) is 3. The highest BCUT2D eigenvalue weighted by molar-refractivity contribution is 9.10. The van der Waals surface area contributed by atoms with Gasteiger partial charge in [0.25, 0.3) is 5.91 Å².